The fourth-order valence-corrected chi connectivity index (χ4v) is 5.19. The van der Waals surface area contributed by atoms with Crippen LogP contribution in [0.2, 0.25) is 4.34 Å². The highest BCUT2D eigenvalue weighted by Crippen LogP contribution is 2.33. The molecule has 0 unspecified atom stereocenters. The van der Waals surface area contributed by atoms with Gasteiger partial charge in [-0.05, 0) is 24.0 Å². The van der Waals surface area contributed by atoms with E-state index in [-0.39, 0.29) is 30.7 Å². The second-order valence-corrected chi connectivity index (χ2v) is 8.47. The number of fused-ring (bicyclic) bond motifs is 1. The molecule has 24 heavy (non-hydrogen) atoms. The van der Waals surface area contributed by atoms with Crippen molar-refractivity contribution in [3.63, 3.8) is 0 Å². The van der Waals surface area contributed by atoms with Gasteiger partial charge in [-0.25, -0.2) is 4.98 Å². The molecule has 9 heteroatoms. The van der Waals surface area contributed by atoms with Gasteiger partial charge in [-0.3, -0.25) is 4.79 Å². The van der Waals surface area contributed by atoms with Crippen molar-refractivity contribution < 1.29 is 4.79 Å². The maximum absolute atomic E-state index is 12.4. The van der Waals surface area contributed by atoms with Crippen molar-refractivity contribution in [1.82, 2.24) is 15.2 Å². The number of likely N-dealkylation sites (tertiary alicyclic amines) is 1. The molecule has 1 amide bonds. The van der Waals surface area contributed by atoms with Crippen LogP contribution in [0, 0.1) is 11.8 Å². The zero-order valence-electron chi connectivity index (χ0n) is 12.7. The maximum atomic E-state index is 12.4. The summed E-state index contributed by atoms with van der Waals surface area (Å²) in [5.41, 5.74) is 0.865. The van der Waals surface area contributed by atoms with Crippen molar-refractivity contribution in [3.05, 3.63) is 27.5 Å². The molecule has 0 radical (unpaired) electrons. The minimum Gasteiger partial charge on any atom is -0.342 e. The molecule has 2 fully saturated rings. The zero-order chi connectivity index (χ0) is 15.1. The molecule has 0 spiro atoms. The summed E-state index contributed by atoms with van der Waals surface area (Å²) in [5.74, 6) is 1.49. The summed E-state index contributed by atoms with van der Waals surface area (Å²) >= 11 is 9.06. The van der Waals surface area contributed by atoms with Gasteiger partial charge in [0.15, 0.2) is 0 Å². The van der Waals surface area contributed by atoms with Crippen molar-refractivity contribution in [1.29, 1.82) is 0 Å². The van der Waals surface area contributed by atoms with Gasteiger partial charge in [0.25, 0.3) is 0 Å². The fraction of sp³-hybridized carbons (Fsp3) is 0.467. The first-order valence-electron chi connectivity index (χ1n) is 7.37. The van der Waals surface area contributed by atoms with E-state index in [9.17, 15) is 4.79 Å². The summed E-state index contributed by atoms with van der Waals surface area (Å²) < 4.78 is 0.764. The van der Waals surface area contributed by atoms with E-state index in [0.29, 0.717) is 18.3 Å². The Morgan fingerprint density at radius 2 is 2.00 bits per heavy atom. The zero-order valence-corrected chi connectivity index (χ0v) is 16.8. The quantitative estimate of drug-likeness (QED) is 0.816. The van der Waals surface area contributed by atoms with Crippen molar-refractivity contribution in [3.8, 4) is 9.88 Å². The summed E-state index contributed by atoms with van der Waals surface area (Å²) in [6.07, 6.45) is 0.405. The number of hydrogen-bond acceptors (Lipinski definition) is 5. The summed E-state index contributed by atoms with van der Waals surface area (Å²) in [7, 11) is 0. The van der Waals surface area contributed by atoms with Gasteiger partial charge in [0.1, 0.15) is 5.01 Å². The smallest absolute Gasteiger partial charge is 0.228 e. The number of nitrogens with one attached hydrogen (secondary N) is 1. The lowest BCUT2D eigenvalue weighted by molar-refractivity contribution is -0.129. The Kier molecular flexibility index (Phi) is 6.93. The van der Waals surface area contributed by atoms with E-state index in [1.807, 2.05) is 22.4 Å². The van der Waals surface area contributed by atoms with Crippen LogP contribution in [0.5, 0.6) is 0 Å². The van der Waals surface area contributed by atoms with Gasteiger partial charge in [-0.2, -0.15) is 0 Å². The second kappa shape index (κ2) is 8.34. The lowest BCUT2D eigenvalue weighted by atomic mass is 10.0. The lowest BCUT2D eigenvalue weighted by Crippen LogP contribution is -2.33. The molecule has 0 aromatic carbocycles. The molecule has 1 N–H and O–H groups in total. The highest BCUT2D eigenvalue weighted by atomic mass is 35.5. The van der Waals surface area contributed by atoms with Crippen molar-refractivity contribution >= 4 is 65.0 Å². The van der Waals surface area contributed by atoms with Crippen LogP contribution in [0.3, 0.4) is 0 Å². The van der Waals surface area contributed by atoms with Crippen LogP contribution in [0.4, 0.5) is 0 Å². The molecule has 0 aliphatic carbocycles. The number of thiophene rings is 1. The van der Waals surface area contributed by atoms with Gasteiger partial charge >= 0.3 is 0 Å². The summed E-state index contributed by atoms with van der Waals surface area (Å²) in [4.78, 5) is 20.1. The van der Waals surface area contributed by atoms with E-state index >= 15 is 0 Å². The Morgan fingerprint density at radius 1 is 1.29 bits per heavy atom. The second-order valence-electron chi connectivity index (χ2n) is 5.90. The lowest BCUT2D eigenvalue weighted by Gasteiger charge is -2.16. The molecule has 2 aliphatic rings. The van der Waals surface area contributed by atoms with Crippen molar-refractivity contribution in [2.24, 2.45) is 11.8 Å². The first-order chi connectivity index (χ1) is 10.7. The third-order valence-electron chi connectivity index (χ3n) is 4.41. The Bertz CT molecular complexity index is 694. The first kappa shape index (κ1) is 19.9. The van der Waals surface area contributed by atoms with Crippen LogP contribution in [0.1, 0.15) is 5.69 Å². The van der Waals surface area contributed by atoms with E-state index in [1.54, 1.807) is 11.3 Å². The SMILES string of the molecule is Cl.Cl.O=C(Cc1csc(-c2ccc(Cl)s2)n1)N1C[C@H]2CNC[C@H]2C1. The van der Waals surface area contributed by atoms with Gasteiger partial charge in [0.05, 0.1) is 21.3 Å². The normalized spacial score (nSPS) is 22.0. The monoisotopic (exact) mass is 425 g/mol. The molecule has 0 saturated carbocycles. The van der Waals surface area contributed by atoms with E-state index in [0.717, 1.165) is 46.1 Å². The Morgan fingerprint density at radius 3 is 2.62 bits per heavy atom. The molecular weight excluding hydrogens is 409 g/mol. The van der Waals surface area contributed by atoms with Gasteiger partial charge < -0.3 is 10.2 Å². The Balaban J connectivity index is 0.00000104. The molecule has 2 saturated heterocycles. The molecule has 2 aromatic heterocycles. The number of thiazole rings is 1. The number of hydrogen-bond donors (Lipinski definition) is 1. The van der Waals surface area contributed by atoms with E-state index in [4.69, 9.17) is 11.6 Å². The van der Waals surface area contributed by atoms with Crippen LogP contribution < -0.4 is 5.32 Å². The van der Waals surface area contributed by atoms with E-state index in [2.05, 4.69) is 10.3 Å². The summed E-state index contributed by atoms with van der Waals surface area (Å²) in [6.45, 7) is 3.89. The van der Waals surface area contributed by atoms with Crippen molar-refractivity contribution in [2.45, 2.75) is 6.42 Å². The van der Waals surface area contributed by atoms with E-state index in [1.165, 1.54) is 11.3 Å². The average molecular weight is 427 g/mol. The molecule has 2 aromatic rings. The molecule has 0 bridgehead atoms. The van der Waals surface area contributed by atoms with Crippen molar-refractivity contribution in [2.75, 3.05) is 26.2 Å². The minimum atomic E-state index is 0. The minimum absolute atomic E-state index is 0. The Hall–Kier alpha value is -0.370. The van der Waals surface area contributed by atoms with Crippen LogP contribution in [-0.2, 0) is 11.2 Å². The molecular formula is C15H18Cl3N3OS2. The largest absolute Gasteiger partial charge is 0.342 e. The fourth-order valence-electron chi connectivity index (χ4n) is 3.26. The molecule has 4 rings (SSSR count). The highest BCUT2D eigenvalue weighted by Gasteiger charge is 2.37. The standard InChI is InChI=1S/C15H16ClN3OS2.2ClH/c16-13-2-1-12(22-13)15-18-11(8-21-15)3-14(20)19-6-9-4-17-5-10(9)7-19;;/h1-2,8-10,17H,3-7H2;2*1H/t9-,10+;;. The van der Waals surface area contributed by atoms with Crippen LogP contribution in [0.15, 0.2) is 17.5 Å². The topological polar surface area (TPSA) is 45.2 Å². The molecule has 2 aliphatic heterocycles. The van der Waals surface area contributed by atoms with Crippen LogP contribution >= 0.6 is 59.1 Å². The third kappa shape index (κ3) is 4.06. The predicted molar refractivity (Wildman–Crippen MR) is 105 cm³/mol. The highest BCUT2D eigenvalue weighted by molar-refractivity contribution is 7.23. The molecule has 2 atom stereocenters. The van der Waals surface area contributed by atoms with Crippen LogP contribution in [-0.4, -0.2) is 42.0 Å². The Labute approximate surface area is 166 Å². The summed E-state index contributed by atoms with van der Waals surface area (Å²) in [5, 5.41) is 6.33. The number of nitrogens with zero attached hydrogens (tertiary/aromatic N) is 2. The average Bonchev–Trinajstić information content (AvgIpc) is 3.19. The van der Waals surface area contributed by atoms with Gasteiger partial charge in [0, 0.05) is 31.6 Å². The van der Waals surface area contributed by atoms with Crippen LogP contribution in [0.25, 0.3) is 9.88 Å². The molecule has 4 heterocycles. The summed E-state index contributed by atoms with van der Waals surface area (Å²) in [6, 6.07) is 3.86. The van der Waals surface area contributed by atoms with Gasteiger partial charge in [-0.1, -0.05) is 11.6 Å². The number of carbonyl (C=O) groups excluding carboxylic acids is 1. The van der Waals surface area contributed by atoms with E-state index < -0.39 is 0 Å². The number of amides is 1. The number of aromatic nitrogens is 1. The first-order valence-corrected chi connectivity index (χ1v) is 9.45. The number of carbonyl (C=O) groups is 1. The number of rotatable bonds is 3. The predicted octanol–water partition coefficient (Wildman–Crippen LogP) is 3.59. The number of halogens is 3. The third-order valence-corrected chi connectivity index (χ3v) is 6.70. The van der Waals surface area contributed by atoms with Gasteiger partial charge in [0.2, 0.25) is 5.91 Å². The maximum Gasteiger partial charge on any atom is 0.228 e. The molecule has 132 valence electrons. The van der Waals surface area contributed by atoms with Gasteiger partial charge in [-0.15, -0.1) is 47.5 Å². The molecule has 4 nitrogen and oxygen atoms in total.